The fraction of sp³-hybridized carbons (Fsp3) is 0.371. The van der Waals surface area contributed by atoms with Crippen molar-refractivity contribution in [2.24, 2.45) is 16.8 Å². The van der Waals surface area contributed by atoms with Gasteiger partial charge in [-0.2, -0.15) is 4.98 Å². The van der Waals surface area contributed by atoms with E-state index in [0.717, 1.165) is 54.0 Å². The molecule has 1 amide bonds. The number of unbranched alkanes of at least 4 members (excludes halogenated alkanes) is 1. The summed E-state index contributed by atoms with van der Waals surface area (Å²) in [6.07, 6.45) is 12.4. The SMILES string of the molecule is CCCC=Nc1c(Nc2ccc(OC)c(OC)n2)cc(-c2ccc(C(=O)NCCC3=CCC(C)C(C)C=C3)cc2)nc1C. The number of anilines is 2. The summed E-state index contributed by atoms with van der Waals surface area (Å²) in [4.78, 5) is 27.0. The quantitative estimate of drug-likeness (QED) is 0.210. The molecule has 8 nitrogen and oxygen atoms in total. The lowest BCUT2D eigenvalue weighted by Crippen LogP contribution is -2.24. The molecule has 0 radical (unpaired) electrons. The molecule has 2 aromatic heterocycles. The van der Waals surface area contributed by atoms with Crippen LogP contribution in [-0.4, -0.2) is 42.9 Å². The Labute approximate surface area is 255 Å². The van der Waals surface area contributed by atoms with Crippen LogP contribution in [0.5, 0.6) is 11.6 Å². The van der Waals surface area contributed by atoms with Crippen molar-refractivity contribution in [3.05, 3.63) is 77.5 Å². The van der Waals surface area contributed by atoms with Crippen molar-refractivity contribution in [3.63, 3.8) is 0 Å². The molecule has 0 spiro atoms. The highest BCUT2D eigenvalue weighted by Gasteiger charge is 2.15. The van der Waals surface area contributed by atoms with E-state index in [0.29, 0.717) is 41.4 Å². The van der Waals surface area contributed by atoms with Gasteiger partial charge in [0.05, 0.1) is 31.3 Å². The number of allylic oxidation sites excluding steroid dienone is 3. The van der Waals surface area contributed by atoms with Crippen LogP contribution in [0.3, 0.4) is 0 Å². The standard InChI is InChI=1S/C35H43N5O3/c1-7-8-20-36-33-25(4)38-29(22-30(33)39-32-18-17-31(42-5)35(40-32)43-6)27-13-15-28(16-14-27)34(41)37-21-19-26-11-9-23(2)24(3)10-12-26/h9,11-18,20,22-24H,7-8,10,19,21H2,1-6H3,(H,37,41)(H,38,39,40). The summed E-state index contributed by atoms with van der Waals surface area (Å²) in [6, 6.07) is 13.1. The number of aryl methyl sites for hydroxylation is 1. The zero-order valence-electron chi connectivity index (χ0n) is 26.1. The first-order chi connectivity index (χ1) is 20.8. The zero-order valence-corrected chi connectivity index (χ0v) is 26.1. The largest absolute Gasteiger partial charge is 0.491 e. The van der Waals surface area contributed by atoms with Crippen molar-refractivity contribution < 1.29 is 14.3 Å². The molecule has 0 aliphatic heterocycles. The van der Waals surface area contributed by atoms with E-state index in [-0.39, 0.29) is 5.91 Å². The smallest absolute Gasteiger partial charge is 0.258 e. The molecule has 0 bridgehead atoms. The average Bonchev–Trinajstić information content (AvgIpc) is 3.18. The van der Waals surface area contributed by atoms with Gasteiger partial charge in [0.2, 0.25) is 0 Å². The molecule has 3 aromatic rings. The van der Waals surface area contributed by atoms with E-state index in [9.17, 15) is 4.79 Å². The van der Waals surface area contributed by atoms with Gasteiger partial charge in [0.25, 0.3) is 11.8 Å². The molecule has 4 rings (SSSR count). The normalized spacial score (nSPS) is 16.5. The molecular weight excluding hydrogens is 538 g/mol. The number of nitrogens with one attached hydrogen (secondary N) is 2. The Hall–Kier alpha value is -4.46. The van der Waals surface area contributed by atoms with E-state index >= 15 is 0 Å². The lowest BCUT2D eigenvalue weighted by molar-refractivity contribution is 0.0954. The Kier molecular flexibility index (Phi) is 11.1. The van der Waals surface area contributed by atoms with Crippen molar-refractivity contribution in [2.75, 3.05) is 26.1 Å². The second-order valence-electron chi connectivity index (χ2n) is 10.9. The number of carbonyl (C=O) groups excluding carboxylic acids is 1. The lowest BCUT2D eigenvalue weighted by atomic mass is 9.94. The van der Waals surface area contributed by atoms with E-state index in [2.05, 4.69) is 54.6 Å². The van der Waals surface area contributed by atoms with Gasteiger partial charge in [0.1, 0.15) is 11.5 Å². The summed E-state index contributed by atoms with van der Waals surface area (Å²) < 4.78 is 10.7. The Bertz CT molecular complexity index is 1490. The number of methoxy groups -OCH3 is 2. The van der Waals surface area contributed by atoms with Crippen LogP contribution in [0.4, 0.5) is 17.2 Å². The van der Waals surface area contributed by atoms with E-state index in [4.69, 9.17) is 19.5 Å². The van der Waals surface area contributed by atoms with Gasteiger partial charge < -0.3 is 20.1 Å². The van der Waals surface area contributed by atoms with E-state index in [1.165, 1.54) is 5.57 Å². The van der Waals surface area contributed by atoms with Crippen LogP contribution in [0, 0.1) is 18.8 Å². The summed E-state index contributed by atoms with van der Waals surface area (Å²) in [5, 5.41) is 6.45. The molecule has 2 unspecified atom stereocenters. The van der Waals surface area contributed by atoms with Crippen LogP contribution in [-0.2, 0) is 0 Å². The zero-order chi connectivity index (χ0) is 30.8. The number of hydrogen-bond acceptors (Lipinski definition) is 7. The molecule has 1 aromatic carbocycles. The number of nitrogens with zero attached hydrogens (tertiary/aromatic N) is 3. The molecule has 0 fully saturated rings. The molecule has 2 heterocycles. The second kappa shape index (κ2) is 15.1. The first-order valence-corrected chi connectivity index (χ1v) is 15.0. The number of aromatic nitrogens is 2. The fourth-order valence-electron chi connectivity index (χ4n) is 4.78. The molecule has 43 heavy (non-hydrogen) atoms. The van der Waals surface area contributed by atoms with Gasteiger partial charge in [-0.25, -0.2) is 0 Å². The second-order valence-corrected chi connectivity index (χ2v) is 10.9. The van der Waals surface area contributed by atoms with Gasteiger partial charge in [-0.1, -0.05) is 63.1 Å². The van der Waals surface area contributed by atoms with Gasteiger partial charge in [0, 0.05) is 23.9 Å². The summed E-state index contributed by atoms with van der Waals surface area (Å²) in [7, 11) is 3.14. The first-order valence-electron chi connectivity index (χ1n) is 15.0. The van der Waals surface area contributed by atoms with E-state index < -0.39 is 0 Å². The average molecular weight is 582 g/mol. The van der Waals surface area contributed by atoms with Crippen molar-refractivity contribution in [1.29, 1.82) is 0 Å². The third-order valence-electron chi connectivity index (χ3n) is 7.71. The van der Waals surface area contributed by atoms with Crippen molar-refractivity contribution in [1.82, 2.24) is 15.3 Å². The van der Waals surface area contributed by atoms with Gasteiger partial charge in [-0.3, -0.25) is 14.8 Å². The monoisotopic (exact) mass is 581 g/mol. The summed E-state index contributed by atoms with van der Waals surface area (Å²) >= 11 is 0. The predicted molar refractivity (Wildman–Crippen MR) is 175 cm³/mol. The molecule has 0 saturated carbocycles. The van der Waals surface area contributed by atoms with Crippen molar-refractivity contribution in [3.8, 4) is 22.9 Å². The molecule has 0 saturated heterocycles. The summed E-state index contributed by atoms with van der Waals surface area (Å²) in [6.45, 7) is 9.18. The van der Waals surface area contributed by atoms with Crippen molar-refractivity contribution in [2.45, 2.75) is 53.4 Å². The Balaban J connectivity index is 1.51. The van der Waals surface area contributed by atoms with Gasteiger partial charge >= 0.3 is 0 Å². The minimum absolute atomic E-state index is 0.0851. The Morgan fingerprint density at radius 1 is 1.09 bits per heavy atom. The van der Waals surface area contributed by atoms with Crippen LogP contribution in [0.25, 0.3) is 11.3 Å². The minimum Gasteiger partial charge on any atom is -0.491 e. The maximum atomic E-state index is 12.9. The number of pyridine rings is 2. The highest BCUT2D eigenvalue weighted by atomic mass is 16.5. The number of hydrogen-bond donors (Lipinski definition) is 2. The maximum absolute atomic E-state index is 12.9. The van der Waals surface area contributed by atoms with Crippen LogP contribution in [0.1, 0.15) is 62.5 Å². The highest BCUT2D eigenvalue weighted by molar-refractivity contribution is 5.94. The summed E-state index contributed by atoms with van der Waals surface area (Å²) in [5.41, 5.74) is 5.83. The fourth-order valence-corrected chi connectivity index (χ4v) is 4.78. The third kappa shape index (κ3) is 8.31. The molecule has 2 N–H and O–H groups in total. The van der Waals surface area contributed by atoms with Gasteiger partial charge in [-0.05, 0) is 68.4 Å². The number of benzene rings is 1. The molecule has 8 heteroatoms. The Morgan fingerprint density at radius 2 is 1.88 bits per heavy atom. The molecule has 226 valence electrons. The van der Waals surface area contributed by atoms with Gasteiger partial charge in [0.15, 0.2) is 5.75 Å². The topological polar surface area (TPSA) is 97.7 Å². The molecule has 1 aliphatic carbocycles. The maximum Gasteiger partial charge on any atom is 0.258 e. The van der Waals surface area contributed by atoms with Crippen LogP contribution in [0.2, 0.25) is 0 Å². The van der Waals surface area contributed by atoms with Crippen LogP contribution >= 0.6 is 0 Å². The van der Waals surface area contributed by atoms with Gasteiger partial charge in [-0.15, -0.1) is 0 Å². The summed E-state index contributed by atoms with van der Waals surface area (Å²) in [5.74, 6) is 2.65. The number of amides is 1. The van der Waals surface area contributed by atoms with E-state index in [1.54, 1.807) is 20.3 Å². The minimum atomic E-state index is -0.0851. The molecule has 2 atom stereocenters. The number of ether oxygens (including phenoxy) is 2. The van der Waals surface area contributed by atoms with Crippen molar-refractivity contribution >= 4 is 29.3 Å². The molecular formula is C35H43N5O3. The predicted octanol–water partition coefficient (Wildman–Crippen LogP) is 7.99. The Morgan fingerprint density at radius 3 is 2.60 bits per heavy atom. The lowest BCUT2D eigenvalue weighted by Gasteiger charge is -2.15. The van der Waals surface area contributed by atoms with E-state index in [1.807, 2.05) is 49.5 Å². The third-order valence-corrected chi connectivity index (χ3v) is 7.71. The van der Waals surface area contributed by atoms with Crippen LogP contribution < -0.4 is 20.1 Å². The van der Waals surface area contributed by atoms with Crippen LogP contribution in [0.15, 0.2) is 71.3 Å². The number of rotatable bonds is 12. The molecule has 1 aliphatic rings. The highest BCUT2D eigenvalue weighted by Crippen LogP contribution is 2.35. The first kappa shape index (κ1) is 31.5. The number of carbonyl (C=O) groups is 1. The number of aliphatic imine (C=N–C) groups is 1.